The first kappa shape index (κ1) is 20.5. The first-order valence-corrected chi connectivity index (χ1v) is 11.2. The summed E-state index contributed by atoms with van der Waals surface area (Å²) < 4.78 is 7.80. The second kappa shape index (κ2) is 9.01. The molecule has 0 spiro atoms. The maximum Gasteiger partial charge on any atom is 0.0594 e. The first-order valence-electron chi connectivity index (χ1n) is 10.5. The van der Waals surface area contributed by atoms with Crippen LogP contribution in [0.4, 0.5) is 0 Å². The van der Waals surface area contributed by atoms with Crippen LogP contribution in [0.15, 0.2) is 67.1 Å². The Labute approximate surface area is 192 Å². The molecule has 3 heterocycles. The molecule has 0 aliphatic carbocycles. The van der Waals surface area contributed by atoms with Gasteiger partial charge in [-0.1, -0.05) is 35.3 Å². The van der Waals surface area contributed by atoms with E-state index in [-0.39, 0.29) is 0 Å². The fraction of sp³-hybridized carbons (Fsp3) is 0.240. The van der Waals surface area contributed by atoms with E-state index in [0.29, 0.717) is 0 Å². The summed E-state index contributed by atoms with van der Waals surface area (Å²) in [4.78, 5) is 6.97. The van der Waals surface area contributed by atoms with Crippen molar-refractivity contribution in [3.05, 3.63) is 77.2 Å². The number of morpholine rings is 1. The normalized spacial score (nSPS) is 14.9. The smallest absolute Gasteiger partial charge is 0.0594 e. The molecule has 0 unspecified atom stereocenters. The zero-order valence-electron chi connectivity index (χ0n) is 17.1. The molecule has 2 aromatic heterocycles. The number of halogens is 2. The van der Waals surface area contributed by atoms with Crippen LogP contribution >= 0.6 is 23.2 Å². The number of hydrogen-bond acceptors (Lipinski definition) is 3. The lowest BCUT2D eigenvalue weighted by molar-refractivity contribution is 0.0365. The van der Waals surface area contributed by atoms with Crippen molar-refractivity contribution in [2.75, 3.05) is 32.8 Å². The van der Waals surface area contributed by atoms with Crippen LogP contribution in [0.1, 0.15) is 0 Å². The monoisotopic (exact) mass is 451 g/mol. The number of benzene rings is 2. The molecule has 4 aromatic rings. The summed E-state index contributed by atoms with van der Waals surface area (Å²) in [6, 6.07) is 16.1. The Hall–Kier alpha value is -2.37. The van der Waals surface area contributed by atoms with E-state index in [1.54, 1.807) is 0 Å². The molecule has 0 radical (unpaired) electrons. The minimum Gasteiger partial charge on any atom is -0.379 e. The summed E-state index contributed by atoms with van der Waals surface area (Å²) in [5.41, 5.74) is 5.47. The SMILES string of the molecule is Clc1cccc(-c2cncc(-c3cn(CCN4CCOCC4)c4ccc(Cl)cc34)c2)c1. The van der Waals surface area contributed by atoms with E-state index < -0.39 is 0 Å². The highest BCUT2D eigenvalue weighted by Gasteiger charge is 2.15. The van der Waals surface area contributed by atoms with Gasteiger partial charge in [-0.2, -0.15) is 0 Å². The van der Waals surface area contributed by atoms with E-state index >= 15 is 0 Å². The van der Waals surface area contributed by atoms with Gasteiger partial charge in [0.25, 0.3) is 0 Å². The molecular weight excluding hydrogens is 429 g/mol. The third-order valence-electron chi connectivity index (χ3n) is 5.81. The lowest BCUT2D eigenvalue weighted by Gasteiger charge is -2.26. The summed E-state index contributed by atoms with van der Waals surface area (Å²) in [6.07, 6.45) is 6.01. The molecule has 4 nitrogen and oxygen atoms in total. The van der Waals surface area contributed by atoms with Crippen LogP contribution < -0.4 is 0 Å². The van der Waals surface area contributed by atoms with Crippen molar-refractivity contribution in [2.24, 2.45) is 0 Å². The zero-order valence-corrected chi connectivity index (χ0v) is 18.6. The first-order chi connectivity index (χ1) is 15.2. The van der Waals surface area contributed by atoms with Gasteiger partial charge in [0.05, 0.1) is 13.2 Å². The molecule has 0 saturated carbocycles. The summed E-state index contributed by atoms with van der Waals surface area (Å²) in [5.74, 6) is 0. The van der Waals surface area contributed by atoms with Crippen molar-refractivity contribution in [2.45, 2.75) is 6.54 Å². The highest BCUT2D eigenvalue weighted by Crippen LogP contribution is 2.34. The van der Waals surface area contributed by atoms with Crippen LogP contribution in [0.2, 0.25) is 10.0 Å². The second-order valence-corrected chi connectivity index (χ2v) is 8.70. The molecule has 0 amide bonds. The lowest BCUT2D eigenvalue weighted by Crippen LogP contribution is -2.38. The van der Waals surface area contributed by atoms with Gasteiger partial charge >= 0.3 is 0 Å². The minimum absolute atomic E-state index is 0.717. The third-order valence-corrected chi connectivity index (χ3v) is 6.28. The summed E-state index contributed by atoms with van der Waals surface area (Å²) in [5, 5.41) is 2.59. The van der Waals surface area contributed by atoms with Gasteiger partial charge in [-0.3, -0.25) is 9.88 Å². The third kappa shape index (κ3) is 4.48. The Morgan fingerprint density at radius 1 is 0.839 bits per heavy atom. The van der Waals surface area contributed by atoms with Gasteiger partial charge in [0, 0.05) is 82.4 Å². The van der Waals surface area contributed by atoms with E-state index in [1.807, 2.05) is 42.7 Å². The molecule has 0 atom stereocenters. The number of nitrogens with zero attached hydrogens (tertiary/aromatic N) is 3. The molecule has 158 valence electrons. The van der Waals surface area contributed by atoms with Crippen molar-refractivity contribution < 1.29 is 4.74 Å². The zero-order chi connectivity index (χ0) is 21.2. The van der Waals surface area contributed by atoms with Crippen LogP contribution in [-0.2, 0) is 11.3 Å². The van der Waals surface area contributed by atoms with E-state index in [9.17, 15) is 0 Å². The standard InChI is InChI=1S/C25H23Cl2N3O/c26-21-3-1-2-18(13-21)19-12-20(16-28-15-19)24-17-30(7-6-29-8-10-31-11-9-29)25-5-4-22(27)14-23(24)25/h1-5,12-17H,6-11H2. The Balaban J connectivity index is 1.52. The van der Waals surface area contributed by atoms with Crippen molar-refractivity contribution in [3.63, 3.8) is 0 Å². The number of ether oxygens (including phenoxy) is 1. The number of rotatable bonds is 5. The molecule has 1 aliphatic heterocycles. The molecule has 5 rings (SSSR count). The van der Waals surface area contributed by atoms with Gasteiger partial charge in [-0.25, -0.2) is 0 Å². The van der Waals surface area contributed by atoms with Crippen LogP contribution in [0.3, 0.4) is 0 Å². The summed E-state index contributed by atoms with van der Waals surface area (Å²) in [7, 11) is 0. The van der Waals surface area contributed by atoms with Gasteiger partial charge in [0.15, 0.2) is 0 Å². The molecule has 6 heteroatoms. The van der Waals surface area contributed by atoms with Gasteiger partial charge in [-0.15, -0.1) is 0 Å². The highest BCUT2D eigenvalue weighted by atomic mass is 35.5. The van der Waals surface area contributed by atoms with Gasteiger partial charge in [-0.05, 0) is 42.0 Å². The minimum atomic E-state index is 0.717. The average molecular weight is 452 g/mol. The van der Waals surface area contributed by atoms with Crippen molar-refractivity contribution in [3.8, 4) is 22.3 Å². The maximum absolute atomic E-state index is 6.37. The number of hydrogen-bond donors (Lipinski definition) is 0. The summed E-state index contributed by atoms with van der Waals surface area (Å²) in [6.45, 7) is 5.52. The van der Waals surface area contributed by atoms with E-state index in [1.165, 1.54) is 5.52 Å². The average Bonchev–Trinajstić information content (AvgIpc) is 3.16. The molecule has 2 aromatic carbocycles. The Kier molecular flexibility index (Phi) is 5.97. The van der Waals surface area contributed by atoms with E-state index in [0.717, 1.165) is 77.1 Å². The van der Waals surface area contributed by atoms with Crippen molar-refractivity contribution in [1.29, 1.82) is 0 Å². The molecule has 1 saturated heterocycles. The van der Waals surface area contributed by atoms with Crippen LogP contribution in [0.25, 0.3) is 33.2 Å². The Morgan fingerprint density at radius 2 is 1.65 bits per heavy atom. The van der Waals surface area contributed by atoms with Crippen molar-refractivity contribution >= 4 is 34.1 Å². The quantitative estimate of drug-likeness (QED) is 0.372. The topological polar surface area (TPSA) is 30.3 Å². The Morgan fingerprint density at radius 3 is 2.48 bits per heavy atom. The molecule has 0 N–H and O–H groups in total. The largest absolute Gasteiger partial charge is 0.379 e. The number of aromatic nitrogens is 2. The fourth-order valence-electron chi connectivity index (χ4n) is 4.17. The number of fused-ring (bicyclic) bond motifs is 1. The van der Waals surface area contributed by atoms with Crippen LogP contribution in [0, 0.1) is 0 Å². The predicted octanol–water partition coefficient (Wildman–Crippen LogP) is 6.01. The van der Waals surface area contributed by atoms with Gasteiger partial charge in [0.2, 0.25) is 0 Å². The number of pyridine rings is 1. The van der Waals surface area contributed by atoms with Crippen LogP contribution in [-0.4, -0.2) is 47.3 Å². The molecule has 1 fully saturated rings. The lowest BCUT2D eigenvalue weighted by atomic mass is 10.0. The highest BCUT2D eigenvalue weighted by molar-refractivity contribution is 6.31. The Bertz CT molecular complexity index is 1210. The maximum atomic E-state index is 6.37. The summed E-state index contributed by atoms with van der Waals surface area (Å²) >= 11 is 12.6. The second-order valence-electron chi connectivity index (χ2n) is 7.82. The molecule has 0 bridgehead atoms. The fourth-order valence-corrected chi connectivity index (χ4v) is 4.53. The van der Waals surface area contributed by atoms with Gasteiger partial charge < -0.3 is 9.30 Å². The molecule has 31 heavy (non-hydrogen) atoms. The molecule has 1 aliphatic rings. The predicted molar refractivity (Wildman–Crippen MR) is 128 cm³/mol. The molecular formula is C25H23Cl2N3O. The van der Waals surface area contributed by atoms with Crippen molar-refractivity contribution in [1.82, 2.24) is 14.5 Å². The van der Waals surface area contributed by atoms with Gasteiger partial charge in [0.1, 0.15) is 0 Å². The van der Waals surface area contributed by atoms with E-state index in [4.69, 9.17) is 27.9 Å². The van der Waals surface area contributed by atoms with Crippen LogP contribution in [0.5, 0.6) is 0 Å². The van der Waals surface area contributed by atoms with E-state index in [2.05, 4.69) is 38.8 Å².